The number of hydrogen-bond donors (Lipinski definition) is 2. The van der Waals surface area contributed by atoms with E-state index in [0.29, 0.717) is 11.7 Å². The van der Waals surface area contributed by atoms with Gasteiger partial charge in [0.05, 0.1) is 13.1 Å². The molecule has 18 heavy (non-hydrogen) atoms. The van der Waals surface area contributed by atoms with E-state index in [-0.39, 0.29) is 24.9 Å². The van der Waals surface area contributed by atoms with Gasteiger partial charge in [0, 0.05) is 13.0 Å². The Morgan fingerprint density at radius 2 is 2.17 bits per heavy atom. The zero-order chi connectivity index (χ0) is 13.7. The van der Waals surface area contributed by atoms with Gasteiger partial charge in [0.15, 0.2) is 5.82 Å². The number of aromatic nitrogens is 2. The molecule has 1 aromatic heterocycles. The van der Waals surface area contributed by atoms with E-state index in [9.17, 15) is 9.59 Å². The zero-order valence-corrected chi connectivity index (χ0v) is 10.6. The molecule has 0 fully saturated rings. The molecule has 0 atom stereocenters. The van der Waals surface area contributed by atoms with Crippen molar-refractivity contribution in [1.82, 2.24) is 20.4 Å². The maximum atomic E-state index is 11.6. The SMILES string of the molecule is CC(C)c1nc(CN(C)C(=O)CNC(N)=O)no1. The van der Waals surface area contributed by atoms with E-state index in [1.165, 1.54) is 4.90 Å². The smallest absolute Gasteiger partial charge is 0.312 e. The van der Waals surface area contributed by atoms with Gasteiger partial charge in [-0.15, -0.1) is 0 Å². The van der Waals surface area contributed by atoms with Crippen LogP contribution in [0.3, 0.4) is 0 Å². The molecule has 1 aromatic rings. The number of carbonyl (C=O) groups is 2. The van der Waals surface area contributed by atoms with Crippen molar-refractivity contribution >= 4 is 11.9 Å². The second-order valence-electron chi connectivity index (χ2n) is 4.17. The fraction of sp³-hybridized carbons (Fsp3) is 0.600. The first-order chi connectivity index (χ1) is 8.40. The number of urea groups is 1. The summed E-state index contributed by atoms with van der Waals surface area (Å²) in [6, 6.07) is -0.738. The highest BCUT2D eigenvalue weighted by Crippen LogP contribution is 2.11. The lowest BCUT2D eigenvalue weighted by Crippen LogP contribution is -2.40. The van der Waals surface area contributed by atoms with Gasteiger partial charge in [-0.1, -0.05) is 19.0 Å². The molecule has 0 unspecified atom stereocenters. The van der Waals surface area contributed by atoms with Crippen LogP contribution in [0.1, 0.15) is 31.5 Å². The minimum absolute atomic E-state index is 0.142. The van der Waals surface area contributed by atoms with Crippen LogP contribution >= 0.6 is 0 Å². The molecule has 1 heterocycles. The number of carbonyl (C=O) groups excluding carboxylic acids is 2. The lowest BCUT2D eigenvalue weighted by molar-refractivity contribution is -0.129. The standard InChI is InChI=1S/C10H17N5O3/c1-6(2)9-13-7(14-18-9)5-15(3)8(16)4-12-10(11)17/h6H,4-5H2,1-3H3,(H3,11,12,17). The lowest BCUT2D eigenvalue weighted by Gasteiger charge is -2.14. The molecule has 0 saturated heterocycles. The van der Waals surface area contributed by atoms with Gasteiger partial charge in [-0.05, 0) is 0 Å². The summed E-state index contributed by atoms with van der Waals surface area (Å²) < 4.78 is 5.02. The van der Waals surface area contributed by atoms with Crippen molar-refractivity contribution in [2.45, 2.75) is 26.3 Å². The van der Waals surface area contributed by atoms with E-state index >= 15 is 0 Å². The maximum absolute atomic E-state index is 11.6. The fourth-order valence-corrected chi connectivity index (χ4v) is 1.16. The molecular formula is C10H17N5O3. The van der Waals surface area contributed by atoms with Crippen LogP contribution in [0.25, 0.3) is 0 Å². The molecule has 0 bridgehead atoms. The highest BCUT2D eigenvalue weighted by Gasteiger charge is 2.15. The van der Waals surface area contributed by atoms with Crippen molar-refractivity contribution in [3.05, 3.63) is 11.7 Å². The molecule has 0 spiro atoms. The summed E-state index contributed by atoms with van der Waals surface area (Å²) in [6.07, 6.45) is 0. The second-order valence-corrected chi connectivity index (χ2v) is 4.17. The highest BCUT2D eigenvalue weighted by atomic mass is 16.5. The molecule has 100 valence electrons. The third-order valence-electron chi connectivity index (χ3n) is 2.20. The predicted molar refractivity (Wildman–Crippen MR) is 62.4 cm³/mol. The molecular weight excluding hydrogens is 238 g/mol. The molecule has 8 nitrogen and oxygen atoms in total. The van der Waals surface area contributed by atoms with Crippen LogP contribution in [0, 0.1) is 0 Å². The molecule has 0 aliphatic carbocycles. The van der Waals surface area contributed by atoms with E-state index in [2.05, 4.69) is 15.5 Å². The Morgan fingerprint density at radius 3 is 2.67 bits per heavy atom. The van der Waals surface area contributed by atoms with Crippen molar-refractivity contribution in [3.8, 4) is 0 Å². The lowest BCUT2D eigenvalue weighted by atomic mass is 10.2. The number of primary amides is 1. The van der Waals surface area contributed by atoms with Crippen LogP contribution in [-0.2, 0) is 11.3 Å². The highest BCUT2D eigenvalue weighted by molar-refractivity contribution is 5.83. The quantitative estimate of drug-likeness (QED) is 0.757. The Morgan fingerprint density at radius 1 is 1.50 bits per heavy atom. The number of nitrogens with two attached hydrogens (primary N) is 1. The Hall–Kier alpha value is -2.12. The van der Waals surface area contributed by atoms with Crippen molar-refractivity contribution < 1.29 is 14.1 Å². The normalized spacial score (nSPS) is 10.4. The van der Waals surface area contributed by atoms with E-state index in [4.69, 9.17) is 10.3 Å². The molecule has 0 aromatic carbocycles. The Bertz CT molecular complexity index is 429. The summed E-state index contributed by atoms with van der Waals surface area (Å²) in [5.41, 5.74) is 4.87. The van der Waals surface area contributed by atoms with Crippen molar-refractivity contribution in [2.75, 3.05) is 13.6 Å². The van der Waals surface area contributed by atoms with Crippen molar-refractivity contribution in [2.24, 2.45) is 5.73 Å². The average Bonchev–Trinajstić information content (AvgIpc) is 2.74. The number of hydrogen-bond acceptors (Lipinski definition) is 5. The predicted octanol–water partition coefficient (Wildman–Crippen LogP) is -0.180. The number of nitrogens with zero attached hydrogens (tertiary/aromatic N) is 3. The van der Waals surface area contributed by atoms with Crippen LogP contribution in [0.5, 0.6) is 0 Å². The summed E-state index contributed by atoms with van der Waals surface area (Å²) in [6.45, 7) is 3.93. The molecule has 0 aliphatic rings. The van der Waals surface area contributed by atoms with Crippen LogP contribution in [0.15, 0.2) is 4.52 Å². The van der Waals surface area contributed by atoms with E-state index in [0.717, 1.165) is 0 Å². The Labute approximate surface area is 105 Å². The maximum Gasteiger partial charge on any atom is 0.312 e. The minimum Gasteiger partial charge on any atom is -0.352 e. The topological polar surface area (TPSA) is 114 Å². The monoisotopic (exact) mass is 255 g/mol. The van der Waals surface area contributed by atoms with Gasteiger partial charge in [-0.25, -0.2) is 4.79 Å². The number of nitrogens with one attached hydrogen (secondary N) is 1. The first-order valence-corrected chi connectivity index (χ1v) is 5.50. The van der Waals surface area contributed by atoms with Crippen LogP contribution in [0.2, 0.25) is 0 Å². The zero-order valence-electron chi connectivity index (χ0n) is 10.6. The number of rotatable bonds is 5. The third kappa shape index (κ3) is 4.04. The van der Waals surface area contributed by atoms with Crippen molar-refractivity contribution in [3.63, 3.8) is 0 Å². The molecule has 1 rings (SSSR count). The first kappa shape index (κ1) is 13.9. The molecule has 8 heteroatoms. The van der Waals surface area contributed by atoms with E-state index < -0.39 is 6.03 Å². The molecule has 0 aliphatic heterocycles. The van der Waals surface area contributed by atoms with Gasteiger partial charge >= 0.3 is 6.03 Å². The molecule has 3 N–H and O–H groups in total. The van der Waals surface area contributed by atoms with Crippen LogP contribution < -0.4 is 11.1 Å². The van der Waals surface area contributed by atoms with Gasteiger partial charge in [0.1, 0.15) is 0 Å². The minimum atomic E-state index is -0.738. The van der Waals surface area contributed by atoms with E-state index in [1.54, 1.807) is 7.05 Å². The Kier molecular flexibility index (Phi) is 4.64. The van der Waals surface area contributed by atoms with Crippen molar-refractivity contribution in [1.29, 1.82) is 0 Å². The van der Waals surface area contributed by atoms with Gasteiger partial charge in [0.25, 0.3) is 0 Å². The molecule has 3 amide bonds. The van der Waals surface area contributed by atoms with E-state index in [1.807, 2.05) is 13.8 Å². The van der Waals surface area contributed by atoms with Gasteiger partial charge in [-0.2, -0.15) is 4.98 Å². The van der Waals surface area contributed by atoms with Crippen LogP contribution in [-0.4, -0.2) is 40.6 Å². The van der Waals surface area contributed by atoms with Gasteiger partial charge < -0.3 is 20.5 Å². The van der Waals surface area contributed by atoms with Gasteiger partial charge in [-0.3, -0.25) is 4.79 Å². The summed E-state index contributed by atoms with van der Waals surface area (Å²) in [5.74, 6) is 0.809. The average molecular weight is 255 g/mol. The van der Waals surface area contributed by atoms with Gasteiger partial charge in [0.2, 0.25) is 11.8 Å². The second kappa shape index (κ2) is 5.99. The largest absolute Gasteiger partial charge is 0.352 e. The summed E-state index contributed by atoms with van der Waals surface area (Å²) >= 11 is 0. The molecule has 0 saturated carbocycles. The molecule has 0 radical (unpaired) electrons. The number of likely N-dealkylation sites (N-methyl/N-ethyl adjacent to an activating group) is 1. The Balaban J connectivity index is 2.50. The first-order valence-electron chi connectivity index (χ1n) is 5.50. The fourth-order valence-electron chi connectivity index (χ4n) is 1.16. The third-order valence-corrected chi connectivity index (χ3v) is 2.20. The summed E-state index contributed by atoms with van der Waals surface area (Å²) in [5, 5.41) is 5.98. The number of amides is 3. The summed E-state index contributed by atoms with van der Waals surface area (Å²) in [7, 11) is 1.58. The van der Waals surface area contributed by atoms with Crippen LogP contribution in [0.4, 0.5) is 4.79 Å². The summed E-state index contributed by atoms with van der Waals surface area (Å²) in [4.78, 5) is 27.5.